The highest BCUT2D eigenvalue weighted by Gasteiger charge is 2.53. The highest BCUT2D eigenvalue weighted by atomic mass is 32.2. The van der Waals surface area contributed by atoms with Crippen molar-refractivity contribution in [3.8, 4) is 0 Å². The van der Waals surface area contributed by atoms with E-state index in [2.05, 4.69) is 5.32 Å². The molecule has 7 nitrogen and oxygen atoms in total. The molecule has 0 radical (unpaired) electrons. The van der Waals surface area contributed by atoms with Crippen molar-refractivity contribution in [3.63, 3.8) is 0 Å². The summed E-state index contributed by atoms with van der Waals surface area (Å²) in [6.07, 6.45) is 0. The van der Waals surface area contributed by atoms with E-state index in [0.29, 0.717) is 11.5 Å². The quantitative estimate of drug-likeness (QED) is 0.517. The summed E-state index contributed by atoms with van der Waals surface area (Å²) in [7, 11) is 3.89. The number of carboxylic acid groups (broad SMARTS) is 1. The lowest BCUT2D eigenvalue weighted by Gasteiger charge is -2.49. The Hall–Kier alpha value is -1.19. The predicted molar refractivity (Wildman–Crippen MR) is 86.4 cm³/mol. The Kier molecular flexibility index (Phi) is 5.41. The molecule has 0 aromatic carbocycles. The van der Waals surface area contributed by atoms with Crippen LogP contribution in [0.15, 0.2) is 11.3 Å². The third kappa shape index (κ3) is 3.41. The Bertz CT molecular complexity index is 535. The van der Waals surface area contributed by atoms with Crippen LogP contribution in [0.25, 0.3) is 0 Å². The highest BCUT2D eigenvalue weighted by molar-refractivity contribution is 8.01. The average molecular weight is 345 g/mol. The standard InChI is InChI=1S/C13H19N3O4S2/c1-7(17)14-9-11(18)16-10(13(19)20)8(5-22-12(9)16)4-21-6-15(2)3/h9,12H,4-6H2,1-3H3,(H,14,17)(H,19,20). The number of thioether (sulfide) groups is 2. The predicted octanol–water partition coefficient (Wildman–Crippen LogP) is -0.00280. The summed E-state index contributed by atoms with van der Waals surface area (Å²) in [5.74, 6) is 0.209. The minimum absolute atomic E-state index is 0.0848. The molecule has 2 unspecified atom stereocenters. The molecule has 1 fully saturated rings. The summed E-state index contributed by atoms with van der Waals surface area (Å²) in [6.45, 7) is 1.35. The first-order chi connectivity index (χ1) is 10.3. The maximum atomic E-state index is 12.2. The van der Waals surface area contributed by atoms with Gasteiger partial charge < -0.3 is 15.3 Å². The summed E-state index contributed by atoms with van der Waals surface area (Å²) in [5, 5.41) is 11.7. The van der Waals surface area contributed by atoms with E-state index in [9.17, 15) is 19.5 Å². The first-order valence-electron chi connectivity index (χ1n) is 6.72. The Morgan fingerprint density at radius 2 is 2.18 bits per heavy atom. The molecule has 0 aliphatic carbocycles. The number of rotatable bonds is 6. The van der Waals surface area contributed by atoms with Crippen LogP contribution in [0.5, 0.6) is 0 Å². The number of nitrogens with one attached hydrogen (secondary N) is 1. The summed E-state index contributed by atoms with van der Waals surface area (Å²) >= 11 is 3.11. The monoisotopic (exact) mass is 345 g/mol. The van der Waals surface area contributed by atoms with Crippen LogP contribution in [-0.4, -0.2) is 75.6 Å². The van der Waals surface area contributed by atoms with E-state index in [1.807, 2.05) is 19.0 Å². The molecule has 2 aliphatic rings. The lowest BCUT2D eigenvalue weighted by atomic mass is 10.0. The molecule has 2 amide bonds. The van der Waals surface area contributed by atoms with Gasteiger partial charge in [-0.15, -0.1) is 23.5 Å². The number of nitrogens with zero attached hydrogens (tertiary/aromatic N) is 2. The molecule has 0 aromatic rings. The molecule has 1 saturated heterocycles. The number of carbonyl (C=O) groups is 3. The smallest absolute Gasteiger partial charge is 0.352 e. The molecule has 2 rings (SSSR count). The largest absolute Gasteiger partial charge is 0.477 e. The van der Waals surface area contributed by atoms with Crippen molar-refractivity contribution in [1.82, 2.24) is 15.1 Å². The molecule has 2 heterocycles. The van der Waals surface area contributed by atoms with Gasteiger partial charge in [0.25, 0.3) is 5.91 Å². The molecule has 0 spiro atoms. The molecular weight excluding hydrogens is 326 g/mol. The van der Waals surface area contributed by atoms with E-state index in [4.69, 9.17) is 0 Å². The maximum Gasteiger partial charge on any atom is 0.352 e. The lowest BCUT2D eigenvalue weighted by Crippen LogP contribution is -2.70. The fourth-order valence-electron chi connectivity index (χ4n) is 2.36. The van der Waals surface area contributed by atoms with Crippen molar-refractivity contribution >= 4 is 41.3 Å². The number of fused-ring (bicyclic) bond motifs is 1. The van der Waals surface area contributed by atoms with Gasteiger partial charge >= 0.3 is 5.97 Å². The second-order valence-electron chi connectivity index (χ2n) is 5.40. The SMILES string of the molecule is CC(=O)NC1C(=O)N2C(C(=O)O)=C(CSCN(C)C)CSC12. The van der Waals surface area contributed by atoms with Gasteiger partial charge in [0.2, 0.25) is 5.91 Å². The number of hydrogen-bond acceptors (Lipinski definition) is 6. The zero-order valence-electron chi connectivity index (χ0n) is 12.7. The summed E-state index contributed by atoms with van der Waals surface area (Å²) in [5.41, 5.74) is 0.844. The van der Waals surface area contributed by atoms with Gasteiger partial charge in [-0.1, -0.05) is 0 Å². The summed E-state index contributed by atoms with van der Waals surface area (Å²) < 4.78 is 0. The second kappa shape index (κ2) is 6.93. The molecule has 122 valence electrons. The van der Waals surface area contributed by atoms with Gasteiger partial charge in [-0.05, 0) is 19.7 Å². The molecule has 22 heavy (non-hydrogen) atoms. The molecule has 9 heteroatoms. The van der Waals surface area contributed by atoms with Gasteiger partial charge in [0, 0.05) is 24.3 Å². The van der Waals surface area contributed by atoms with Crippen molar-refractivity contribution < 1.29 is 19.5 Å². The highest BCUT2D eigenvalue weighted by Crippen LogP contribution is 2.40. The van der Waals surface area contributed by atoms with E-state index in [-0.39, 0.29) is 22.9 Å². The van der Waals surface area contributed by atoms with Crippen LogP contribution in [0.4, 0.5) is 0 Å². The van der Waals surface area contributed by atoms with Crippen molar-refractivity contribution in [2.75, 3.05) is 31.5 Å². The van der Waals surface area contributed by atoms with E-state index >= 15 is 0 Å². The fraction of sp³-hybridized carbons (Fsp3) is 0.615. The number of amides is 2. The maximum absolute atomic E-state index is 12.2. The van der Waals surface area contributed by atoms with Gasteiger partial charge in [0.1, 0.15) is 17.1 Å². The Morgan fingerprint density at radius 1 is 1.50 bits per heavy atom. The van der Waals surface area contributed by atoms with E-state index in [0.717, 1.165) is 11.4 Å². The van der Waals surface area contributed by atoms with Crippen molar-refractivity contribution in [2.24, 2.45) is 0 Å². The lowest BCUT2D eigenvalue weighted by molar-refractivity contribution is -0.150. The van der Waals surface area contributed by atoms with Crippen LogP contribution in [0, 0.1) is 0 Å². The van der Waals surface area contributed by atoms with Gasteiger partial charge in [0.15, 0.2) is 0 Å². The van der Waals surface area contributed by atoms with Gasteiger partial charge in [0.05, 0.1) is 0 Å². The zero-order chi connectivity index (χ0) is 16.4. The molecule has 0 aromatic heterocycles. The van der Waals surface area contributed by atoms with Crippen LogP contribution in [0.3, 0.4) is 0 Å². The minimum Gasteiger partial charge on any atom is -0.477 e. The van der Waals surface area contributed by atoms with Gasteiger partial charge in [-0.25, -0.2) is 4.79 Å². The Balaban J connectivity index is 2.13. The molecule has 2 atom stereocenters. The fourth-order valence-corrected chi connectivity index (χ4v) is 4.78. The summed E-state index contributed by atoms with van der Waals surface area (Å²) in [6, 6.07) is -0.618. The first-order valence-corrected chi connectivity index (χ1v) is 8.93. The molecule has 0 saturated carbocycles. The number of carbonyl (C=O) groups excluding carboxylic acids is 2. The van der Waals surface area contributed by atoms with Crippen LogP contribution in [0.2, 0.25) is 0 Å². The Morgan fingerprint density at radius 3 is 2.73 bits per heavy atom. The molecule has 2 N–H and O–H groups in total. The van der Waals surface area contributed by atoms with Crippen molar-refractivity contribution in [2.45, 2.75) is 18.3 Å². The van der Waals surface area contributed by atoms with E-state index in [1.54, 1.807) is 11.8 Å². The van der Waals surface area contributed by atoms with Crippen LogP contribution in [-0.2, 0) is 14.4 Å². The second-order valence-corrected chi connectivity index (χ2v) is 7.46. The van der Waals surface area contributed by atoms with E-state index < -0.39 is 12.0 Å². The topological polar surface area (TPSA) is 90.0 Å². The number of hydrogen-bond donors (Lipinski definition) is 2. The normalized spacial score (nSPS) is 24.2. The summed E-state index contributed by atoms with van der Waals surface area (Å²) in [4.78, 5) is 38.2. The minimum atomic E-state index is -1.08. The number of carboxylic acids is 1. The molecular formula is C13H19N3O4S2. The molecule has 2 aliphatic heterocycles. The Labute approximate surface area is 137 Å². The number of β-lactam (4-membered cyclic amide) rings is 1. The van der Waals surface area contributed by atoms with Crippen LogP contribution in [0.1, 0.15) is 6.92 Å². The van der Waals surface area contributed by atoms with Crippen LogP contribution < -0.4 is 5.32 Å². The van der Waals surface area contributed by atoms with Gasteiger partial charge in [-0.3, -0.25) is 14.5 Å². The third-order valence-electron chi connectivity index (χ3n) is 3.23. The molecule has 0 bridgehead atoms. The average Bonchev–Trinajstić information content (AvgIpc) is 2.43. The first kappa shape index (κ1) is 17.2. The van der Waals surface area contributed by atoms with Crippen molar-refractivity contribution in [3.05, 3.63) is 11.3 Å². The van der Waals surface area contributed by atoms with Gasteiger partial charge in [-0.2, -0.15) is 0 Å². The number of aliphatic carboxylic acids is 1. The van der Waals surface area contributed by atoms with E-state index in [1.165, 1.54) is 23.6 Å². The zero-order valence-corrected chi connectivity index (χ0v) is 14.3. The van der Waals surface area contributed by atoms with Crippen LogP contribution >= 0.6 is 23.5 Å². The van der Waals surface area contributed by atoms with Crippen molar-refractivity contribution in [1.29, 1.82) is 0 Å². The third-order valence-corrected chi connectivity index (χ3v) is 5.83.